The highest BCUT2D eigenvalue weighted by molar-refractivity contribution is 6.02. The number of aliphatic imine (C=N–C) groups is 1. The predicted molar refractivity (Wildman–Crippen MR) is 111 cm³/mol. The van der Waals surface area contributed by atoms with Gasteiger partial charge in [0.05, 0.1) is 18.4 Å². The van der Waals surface area contributed by atoms with E-state index >= 15 is 0 Å². The Kier molecular flexibility index (Phi) is 4.83. The number of benzene rings is 3. The normalized spacial score (nSPS) is 11.2. The van der Waals surface area contributed by atoms with Gasteiger partial charge in [-0.25, -0.2) is 8.96 Å². The molecule has 5 nitrogen and oxygen atoms in total. The molecule has 0 aliphatic heterocycles. The highest BCUT2D eigenvalue weighted by Crippen LogP contribution is 2.29. The number of hydrogen-bond donors (Lipinski definition) is 1. The second-order valence-corrected chi connectivity index (χ2v) is 6.33. The molecule has 0 radical (unpaired) electrons. The number of nitrogens with zero attached hydrogens (tertiary/aromatic N) is 2. The minimum absolute atomic E-state index is 0.279. The zero-order valence-corrected chi connectivity index (χ0v) is 15.5. The van der Waals surface area contributed by atoms with Gasteiger partial charge in [-0.1, -0.05) is 30.3 Å². The third-order valence-corrected chi connectivity index (χ3v) is 4.61. The Bertz CT molecular complexity index is 1280. The first-order valence-electron chi connectivity index (χ1n) is 8.90. The summed E-state index contributed by atoms with van der Waals surface area (Å²) in [5, 5.41) is 11.9. The average Bonchev–Trinajstić information content (AvgIpc) is 2.75. The molecule has 29 heavy (non-hydrogen) atoms. The number of rotatable bonds is 4. The molecular weight excluding hydrogens is 371 g/mol. The molecule has 0 fully saturated rings. The van der Waals surface area contributed by atoms with E-state index in [4.69, 9.17) is 4.74 Å². The van der Waals surface area contributed by atoms with E-state index in [9.17, 15) is 14.3 Å². The van der Waals surface area contributed by atoms with Crippen LogP contribution in [0.25, 0.3) is 16.5 Å². The highest BCUT2D eigenvalue weighted by Gasteiger charge is 2.16. The Labute approximate surface area is 166 Å². The molecule has 4 aromatic rings. The fraction of sp³-hybridized carbons (Fsp3) is 0.0435. The molecule has 0 atom stereocenters. The monoisotopic (exact) mass is 388 g/mol. The number of para-hydroxylation sites is 2. The van der Waals surface area contributed by atoms with Crippen LogP contribution in [0, 0.1) is 5.82 Å². The maximum absolute atomic E-state index is 13.3. The average molecular weight is 388 g/mol. The number of fused-ring (bicyclic) bond motifs is 1. The molecule has 0 saturated carbocycles. The molecule has 1 heterocycles. The van der Waals surface area contributed by atoms with Gasteiger partial charge in [-0.3, -0.25) is 9.79 Å². The van der Waals surface area contributed by atoms with Crippen molar-refractivity contribution in [2.24, 2.45) is 4.99 Å². The van der Waals surface area contributed by atoms with Gasteiger partial charge in [-0.2, -0.15) is 0 Å². The topological polar surface area (TPSA) is 63.8 Å². The Morgan fingerprint density at radius 3 is 2.34 bits per heavy atom. The molecule has 0 unspecified atom stereocenters. The summed E-state index contributed by atoms with van der Waals surface area (Å²) in [6.07, 6.45) is 1.50. The van der Waals surface area contributed by atoms with Crippen LogP contribution >= 0.6 is 0 Å². The smallest absolute Gasteiger partial charge is 0.265 e. The van der Waals surface area contributed by atoms with Crippen LogP contribution in [0.15, 0.2) is 82.6 Å². The van der Waals surface area contributed by atoms with E-state index in [2.05, 4.69) is 4.99 Å². The molecule has 144 valence electrons. The summed E-state index contributed by atoms with van der Waals surface area (Å²) in [5.74, 6) is -0.126. The molecule has 6 heteroatoms. The van der Waals surface area contributed by atoms with Gasteiger partial charge in [0.25, 0.3) is 5.56 Å². The predicted octanol–water partition coefficient (Wildman–Crippen LogP) is 4.59. The van der Waals surface area contributed by atoms with E-state index in [0.717, 1.165) is 4.57 Å². The van der Waals surface area contributed by atoms with Crippen LogP contribution in [0.1, 0.15) is 5.56 Å². The highest BCUT2D eigenvalue weighted by atomic mass is 19.1. The molecule has 0 bridgehead atoms. The van der Waals surface area contributed by atoms with E-state index in [-0.39, 0.29) is 5.88 Å². The number of aromatic hydroxyl groups is 1. The van der Waals surface area contributed by atoms with Crippen LogP contribution < -0.4 is 10.3 Å². The Morgan fingerprint density at radius 1 is 0.966 bits per heavy atom. The molecule has 0 spiro atoms. The van der Waals surface area contributed by atoms with Crippen molar-refractivity contribution in [3.8, 4) is 17.3 Å². The molecule has 0 saturated heterocycles. The first-order valence-corrected chi connectivity index (χ1v) is 8.90. The number of aromatic nitrogens is 1. The minimum atomic E-state index is -0.431. The standard InChI is InChI=1S/C23H17FN2O3/c1-29-21-9-5-4-8-20(21)25-14-19-17-6-2-3-7-18(17)22(27)26(23(19)28)16-12-10-15(24)11-13-16/h2-14,28H,1H3. The summed E-state index contributed by atoms with van der Waals surface area (Å²) < 4.78 is 19.8. The van der Waals surface area contributed by atoms with Crippen molar-refractivity contribution in [1.82, 2.24) is 4.57 Å². The van der Waals surface area contributed by atoms with E-state index in [0.29, 0.717) is 33.5 Å². The SMILES string of the molecule is COc1ccccc1N=Cc1c(O)n(-c2ccc(F)cc2)c(=O)c2ccccc12. The van der Waals surface area contributed by atoms with Gasteiger partial charge >= 0.3 is 0 Å². The first kappa shape index (κ1) is 18.4. The second-order valence-electron chi connectivity index (χ2n) is 6.33. The van der Waals surface area contributed by atoms with Crippen molar-refractivity contribution in [3.63, 3.8) is 0 Å². The van der Waals surface area contributed by atoms with E-state index < -0.39 is 11.4 Å². The number of halogens is 1. The zero-order chi connectivity index (χ0) is 20.4. The molecule has 0 amide bonds. The molecule has 0 aliphatic rings. The van der Waals surface area contributed by atoms with Crippen molar-refractivity contribution in [2.45, 2.75) is 0 Å². The Balaban J connectivity index is 1.97. The van der Waals surface area contributed by atoms with Crippen molar-refractivity contribution in [2.75, 3.05) is 7.11 Å². The summed E-state index contributed by atoms with van der Waals surface area (Å²) in [6.45, 7) is 0. The Morgan fingerprint density at radius 2 is 1.62 bits per heavy atom. The number of methoxy groups -OCH3 is 1. The van der Waals surface area contributed by atoms with E-state index in [1.54, 1.807) is 43.5 Å². The van der Waals surface area contributed by atoms with Gasteiger partial charge in [-0.15, -0.1) is 0 Å². The molecular formula is C23H17FN2O3. The maximum Gasteiger partial charge on any atom is 0.265 e. The van der Waals surface area contributed by atoms with Crippen LogP contribution in [0.5, 0.6) is 11.6 Å². The van der Waals surface area contributed by atoms with Gasteiger partial charge in [0.15, 0.2) is 0 Å². The summed E-state index contributed by atoms with van der Waals surface area (Å²) in [5.41, 5.74) is 0.902. The lowest BCUT2D eigenvalue weighted by atomic mass is 10.1. The van der Waals surface area contributed by atoms with Crippen LogP contribution in [0.4, 0.5) is 10.1 Å². The summed E-state index contributed by atoms with van der Waals surface area (Å²) in [4.78, 5) is 17.5. The lowest BCUT2D eigenvalue weighted by Gasteiger charge is -2.13. The van der Waals surface area contributed by atoms with Crippen molar-refractivity contribution < 1.29 is 14.2 Å². The van der Waals surface area contributed by atoms with Crippen LogP contribution in [-0.4, -0.2) is 23.0 Å². The summed E-state index contributed by atoms with van der Waals surface area (Å²) in [6, 6.07) is 19.5. The fourth-order valence-corrected chi connectivity index (χ4v) is 3.19. The van der Waals surface area contributed by atoms with Gasteiger partial charge in [0.1, 0.15) is 17.3 Å². The first-order chi connectivity index (χ1) is 14.1. The van der Waals surface area contributed by atoms with Crippen molar-refractivity contribution in [3.05, 3.63) is 94.5 Å². The lowest BCUT2D eigenvalue weighted by Crippen LogP contribution is -2.20. The molecule has 3 aromatic carbocycles. The van der Waals surface area contributed by atoms with E-state index in [1.165, 1.54) is 30.5 Å². The summed E-state index contributed by atoms with van der Waals surface area (Å²) >= 11 is 0. The van der Waals surface area contributed by atoms with Crippen molar-refractivity contribution >= 4 is 22.7 Å². The lowest BCUT2D eigenvalue weighted by molar-refractivity contribution is 0.416. The quantitative estimate of drug-likeness (QED) is 0.520. The third kappa shape index (κ3) is 3.36. The second kappa shape index (κ2) is 7.59. The summed E-state index contributed by atoms with van der Waals surface area (Å²) in [7, 11) is 1.55. The molecule has 1 N–H and O–H groups in total. The number of pyridine rings is 1. The van der Waals surface area contributed by atoms with Crippen molar-refractivity contribution in [1.29, 1.82) is 0 Å². The van der Waals surface area contributed by atoms with Gasteiger partial charge < -0.3 is 9.84 Å². The van der Waals surface area contributed by atoms with Crippen LogP contribution in [0.2, 0.25) is 0 Å². The minimum Gasteiger partial charge on any atom is -0.494 e. The largest absolute Gasteiger partial charge is 0.494 e. The van der Waals surface area contributed by atoms with Gasteiger partial charge in [0, 0.05) is 17.0 Å². The van der Waals surface area contributed by atoms with Crippen LogP contribution in [-0.2, 0) is 0 Å². The van der Waals surface area contributed by atoms with Crippen LogP contribution in [0.3, 0.4) is 0 Å². The maximum atomic E-state index is 13.3. The molecule has 1 aromatic heterocycles. The molecule has 0 aliphatic carbocycles. The number of hydrogen-bond acceptors (Lipinski definition) is 4. The van der Waals surface area contributed by atoms with E-state index in [1.807, 2.05) is 12.1 Å². The zero-order valence-electron chi connectivity index (χ0n) is 15.5. The third-order valence-electron chi connectivity index (χ3n) is 4.61. The van der Waals surface area contributed by atoms with Gasteiger partial charge in [0.2, 0.25) is 5.88 Å². The fourth-order valence-electron chi connectivity index (χ4n) is 3.19. The molecule has 4 rings (SSSR count). The Hall–Kier alpha value is -3.93. The van der Waals surface area contributed by atoms with Gasteiger partial charge in [-0.05, 0) is 42.5 Å². The number of ether oxygens (including phenoxy) is 1.